The molecule has 5 aliphatic carbocycles. The van der Waals surface area contributed by atoms with Crippen LogP contribution in [0.3, 0.4) is 0 Å². The topological polar surface area (TPSA) is 85.0 Å². The number of hydrogen-bond donors (Lipinski definition) is 0. The first-order valence-electron chi connectivity index (χ1n) is 6.73. The molecular formula is C14H11N3O2. The third-order valence-corrected chi connectivity index (χ3v) is 6.85. The van der Waals surface area contributed by atoms with Gasteiger partial charge in [-0.05, 0) is 41.9 Å². The molecule has 1 heterocycles. The highest BCUT2D eigenvalue weighted by atomic mass is 16.2. The Morgan fingerprint density at radius 3 is 1.89 bits per heavy atom. The maximum absolute atomic E-state index is 12.6. The molecule has 8 atom stereocenters. The average molecular weight is 253 g/mol. The Morgan fingerprint density at radius 1 is 1.05 bits per heavy atom. The van der Waals surface area contributed by atoms with E-state index >= 15 is 0 Å². The van der Waals surface area contributed by atoms with Crippen molar-refractivity contribution < 1.29 is 9.59 Å². The van der Waals surface area contributed by atoms with E-state index in [1.54, 1.807) is 0 Å². The lowest BCUT2D eigenvalue weighted by molar-refractivity contribution is -0.140. The Bertz CT molecular complexity index is 619. The first-order valence-corrected chi connectivity index (χ1v) is 6.73. The minimum Gasteiger partial charge on any atom is -0.283 e. The molecule has 6 rings (SSSR count). The summed E-state index contributed by atoms with van der Waals surface area (Å²) in [6.45, 7) is 0. The number of carbonyl (C=O) groups excluding carboxylic acids is 2. The monoisotopic (exact) mass is 253 g/mol. The molecule has 2 amide bonds. The first-order chi connectivity index (χ1) is 9.07. The molecule has 0 N–H and O–H groups in total. The maximum atomic E-state index is 12.6. The van der Waals surface area contributed by atoms with Crippen LogP contribution < -0.4 is 0 Å². The molecule has 0 radical (unpaired) electrons. The first kappa shape index (κ1) is 9.97. The fourth-order valence-electron chi connectivity index (χ4n) is 6.57. The van der Waals surface area contributed by atoms with Gasteiger partial charge in [0.2, 0.25) is 0 Å². The third kappa shape index (κ3) is 0.570. The Labute approximate surface area is 109 Å². The predicted octanol–water partition coefficient (Wildman–Crippen LogP) is 0.147. The molecule has 1 saturated heterocycles. The van der Waals surface area contributed by atoms with Crippen molar-refractivity contribution in [1.82, 2.24) is 4.90 Å². The van der Waals surface area contributed by atoms with Crippen LogP contribution in [0.25, 0.3) is 0 Å². The highest BCUT2D eigenvalue weighted by Gasteiger charge is 2.95. The quantitative estimate of drug-likeness (QED) is 0.575. The van der Waals surface area contributed by atoms with E-state index in [-0.39, 0.29) is 17.8 Å². The molecule has 5 saturated carbocycles. The highest BCUT2D eigenvalue weighted by Crippen LogP contribution is 2.90. The van der Waals surface area contributed by atoms with Crippen molar-refractivity contribution in [2.24, 2.45) is 46.3 Å². The number of hydrogen-bond acceptors (Lipinski definition) is 4. The summed E-state index contributed by atoms with van der Waals surface area (Å²) in [5.41, 5.74) is -2.76. The van der Waals surface area contributed by atoms with Crippen molar-refractivity contribution in [3.8, 4) is 12.1 Å². The Balaban J connectivity index is 1.89. The van der Waals surface area contributed by atoms with Gasteiger partial charge >= 0.3 is 0 Å². The molecule has 0 aromatic carbocycles. The molecule has 2 unspecified atom stereocenters. The highest BCUT2D eigenvalue weighted by molar-refractivity contribution is 6.14. The third-order valence-electron chi connectivity index (χ3n) is 6.85. The van der Waals surface area contributed by atoms with Gasteiger partial charge in [-0.3, -0.25) is 14.5 Å². The van der Waals surface area contributed by atoms with Crippen molar-refractivity contribution in [1.29, 1.82) is 10.5 Å². The number of amides is 2. The molecule has 0 aromatic rings. The number of imide groups is 1. The summed E-state index contributed by atoms with van der Waals surface area (Å²) in [5.74, 6) is 0.749. The summed E-state index contributed by atoms with van der Waals surface area (Å²) < 4.78 is 0. The normalized spacial score (nSPS) is 62.2. The van der Waals surface area contributed by atoms with Crippen molar-refractivity contribution in [2.75, 3.05) is 7.05 Å². The molecular weight excluding hydrogens is 242 g/mol. The molecule has 1 aliphatic heterocycles. The SMILES string of the molecule is CN1C(=O)[C@@]2(C#N)[C@H]3C4CC5[C@H]([C@H]53)[C@@H]4[C@@]2(C#N)C1=O. The van der Waals surface area contributed by atoms with Crippen LogP contribution in [0.4, 0.5) is 0 Å². The number of fused-ring (bicyclic) bond motifs is 1. The van der Waals surface area contributed by atoms with E-state index < -0.39 is 22.6 Å². The smallest absolute Gasteiger partial charge is 0.251 e. The van der Waals surface area contributed by atoms with Crippen LogP contribution in [-0.4, -0.2) is 23.8 Å². The zero-order valence-corrected chi connectivity index (χ0v) is 10.3. The zero-order chi connectivity index (χ0) is 13.3. The molecule has 6 bridgehead atoms. The Kier molecular flexibility index (Phi) is 1.20. The molecule has 19 heavy (non-hydrogen) atoms. The van der Waals surface area contributed by atoms with Crippen LogP contribution in [0.5, 0.6) is 0 Å². The van der Waals surface area contributed by atoms with Crippen LogP contribution in [0.15, 0.2) is 0 Å². The van der Waals surface area contributed by atoms with Crippen LogP contribution in [-0.2, 0) is 9.59 Å². The van der Waals surface area contributed by atoms with Crippen LogP contribution in [0.2, 0.25) is 0 Å². The number of likely N-dealkylation sites (tertiary alicyclic amines) is 1. The predicted molar refractivity (Wildman–Crippen MR) is 59.4 cm³/mol. The van der Waals surface area contributed by atoms with Crippen LogP contribution >= 0.6 is 0 Å². The number of carbonyl (C=O) groups is 2. The fourth-order valence-corrected chi connectivity index (χ4v) is 6.57. The molecule has 0 spiro atoms. The summed E-state index contributed by atoms with van der Waals surface area (Å²) in [6.07, 6.45) is 1.02. The Hall–Kier alpha value is -1.88. The molecule has 5 heteroatoms. The largest absolute Gasteiger partial charge is 0.283 e. The molecule has 6 fully saturated rings. The molecule has 5 nitrogen and oxygen atoms in total. The fraction of sp³-hybridized carbons (Fsp3) is 0.714. The maximum Gasteiger partial charge on any atom is 0.251 e. The molecule has 0 aromatic heterocycles. The summed E-state index contributed by atoms with van der Waals surface area (Å²) in [4.78, 5) is 26.2. The minimum absolute atomic E-state index is 0.0430. The van der Waals surface area contributed by atoms with Gasteiger partial charge in [-0.2, -0.15) is 10.5 Å². The molecule has 94 valence electrons. The lowest BCUT2D eigenvalue weighted by Gasteiger charge is -2.34. The van der Waals surface area contributed by atoms with E-state index in [0.717, 1.165) is 11.3 Å². The number of nitrogens with zero attached hydrogens (tertiary/aromatic N) is 3. The zero-order valence-electron chi connectivity index (χ0n) is 10.3. The number of rotatable bonds is 0. The van der Waals surface area contributed by atoms with Gasteiger partial charge in [0, 0.05) is 7.05 Å². The lowest BCUT2D eigenvalue weighted by atomic mass is 9.58. The average Bonchev–Trinajstić information content (AvgIpc) is 2.83. The van der Waals surface area contributed by atoms with E-state index in [2.05, 4.69) is 12.1 Å². The van der Waals surface area contributed by atoms with E-state index in [9.17, 15) is 20.1 Å². The second-order valence-corrected chi connectivity index (χ2v) is 6.78. The van der Waals surface area contributed by atoms with Crippen molar-refractivity contribution in [3.05, 3.63) is 0 Å². The van der Waals surface area contributed by atoms with Gasteiger partial charge in [-0.1, -0.05) is 0 Å². The second-order valence-electron chi connectivity index (χ2n) is 6.78. The van der Waals surface area contributed by atoms with Crippen LogP contribution in [0, 0.1) is 69.0 Å². The summed E-state index contributed by atoms with van der Waals surface area (Å²) >= 11 is 0. The van der Waals surface area contributed by atoms with Gasteiger partial charge in [0.1, 0.15) is 0 Å². The lowest BCUT2D eigenvalue weighted by Crippen LogP contribution is -2.48. The standard InChI is InChI=1S/C14H11N3O2/c1-17-11(18)13(3-15)9-6-2-5-7(9)8(5)10(6)14(13,4-16)12(17)19/h5-10H,2H2,1H3/t5?,6?,7-,8+,9-,10+,13+,14-. The van der Waals surface area contributed by atoms with E-state index in [1.165, 1.54) is 7.05 Å². The van der Waals surface area contributed by atoms with Crippen molar-refractivity contribution >= 4 is 11.8 Å². The molecule has 6 aliphatic rings. The minimum atomic E-state index is -1.38. The van der Waals surface area contributed by atoms with Gasteiger partial charge in [0.05, 0.1) is 12.1 Å². The van der Waals surface area contributed by atoms with Crippen LogP contribution in [0.1, 0.15) is 6.42 Å². The van der Waals surface area contributed by atoms with E-state index in [1.807, 2.05) is 0 Å². The number of nitriles is 2. The van der Waals surface area contributed by atoms with Gasteiger partial charge in [-0.15, -0.1) is 0 Å². The second kappa shape index (κ2) is 2.29. The van der Waals surface area contributed by atoms with Gasteiger partial charge in [0.15, 0.2) is 10.8 Å². The van der Waals surface area contributed by atoms with Gasteiger partial charge < -0.3 is 0 Å². The van der Waals surface area contributed by atoms with Crippen molar-refractivity contribution in [3.63, 3.8) is 0 Å². The summed E-state index contributed by atoms with van der Waals surface area (Å²) in [6, 6.07) is 4.31. The Morgan fingerprint density at radius 2 is 1.53 bits per heavy atom. The van der Waals surface area contributed by atoms with Crippen molar-refractivity contribution in [2.45, 2.75) is 6.42 Å². The van der Waals surface area contributed by atoms with Gasteiger partial charge in [0.25, 0.3) is 11.8 Å². The van der Waals surface area contributed by atoms with Gasteiger partial charge in [-0.25, -0.2) is 0 Å². The summed E-state index contributed by atoms with van der Waals surface area (Å²) in [7, 11) is 1.41. The summed E-state index contributed by atoms with van der Waals surface area (Å²) in [5, 5.41) is 19.4. The van der Waals surface area contributed by atoms with E-state index in [0.29, 0.717) is 17.8 Å². The van der Waals surface area contributed by atoms with E-state index in [4.69, 9.17) is 0 Å².